The third-order valence-electron chi connectivity index (χ3n) is 2.83. The summed E-state index contributed by atoms with van der Waals surface area (Å²) in [4.78, 5) is 8.48. The minimum Gasteiger partial charge on any atom is -0.327 e. The van der Waals surface area contributed by atoms with Crippen molar-refractivity contribution < 1.29 is 8.42 Å². The molecule has 0 saturated heterocycles. The number of nitrogens with zero attached hydrogens (tertiary/aromatic N) is 3. The average Bonchev–Trinajstić information content (AvgIpc) is 2.67. The first-order valence-corrected chi connectivity index (χ1v) is 8.50. The number of imidazole rings is 1. The summed E-state index contributed by atoms with van der Waals surface area (Å²) in [6, 6.07) is 1.87. The van der Waals surface area contributed by atoms with Crippen molar-refractivity contribution in [2.75, 3.05) is 12.0 Å². The van der Waals surface area contributed by atoms with Gasteiger partial charge in [0.2, 0.25) is 0 Å². The van der Waals surface area contributed by atoms with Gasteiger partial charge in [-0.15, -0.1) is 11.6 Å². The van der Waals surface area contributed by atoms with Crippen LogP contribution in [0.4, 0.5) is 0 Å². The van der Waals surface area contributed by atoms with E-state index in [1.165, 1.54) is 6.26 Å². The Morgan fingerprint density at radius 2 is 2.21 bits per heavy atom. The van der Waals surface area contributed by atoms with Gasteiger partial charge in [-0.05, 0) is 19.4 Å². The highest BCUT2D eigenvalue weighted by Gasteiger charge is 2.15. The second-order valence-corrected chi connectivity index (χ2v) is 7.50. The van der Waals surface area contributed by atoms with Gasteiger partial charge in [0.25, 0.3) is 0 Å². The molecular weight excluding hydrogens is 286 g/mol. The zero-order chi connectivity index (χ0) is 14.0. The maximum atomic E-state index is 11.2. The quantitative estimate of drug-likeness (QED) is 0.794. The van der Waals surface area contributed by atoms with Crippen molar-refractivity contribution in [2.45, 2.75) is 25.3 Å². The average molecular weight is 302 g/mol. The molecule has 0 aliphatic rings. The molecule has 0 bridgehead atoms. The number of sulfone groups is 1. The fourth-order valence-corrected chi connectivity index (χ4v) is 2.84. The molecule has 0 radical (unpaired) electrons. The second-order valence-electron chi connectivity index (χ2n) is 4.59. The van der Waals surface area contributed by atoms with Crippen molar-refractivity contribution in [3.63, 3.8) is 0 Å². The van der Waals surface area contributed by atoms with Gasteiger partial charge in [-0.2, -0.15) is 0 Å². The van der Waals surface area contributed by atoms with Gasteiger partial charge in [-0.1, -0.05) is 0 Å². The molecule has 0 amide bonds. The van der Waals surface area contributed by atoms with Crippen molar-refractivity contribution in [3.05, 3.63) is 24.3 Å². The van der Waals surface area contributed by atoms with E-state index < -0.39 is 9.84 Å². The van der Waals surface area contributed by atoms with Crippen LogP contribution in [0.1, 0.15) is 24.5 Å². The van der Waals surface area contributed by atoms with E-state index in [1.54, 1.807) is 12.4 Å². The Morgan fingerprint density at radius 1 is 1.47 bits per heavy atom. The summed E-state index contributed by atoms with van der Waals surface area (Å²) in [5.41, 5.74) is 1.72. The van der Waals surface area contributed by atoms with Crippen molar-refractivity contribution in [2.24, 2.45) is 0 Å². The van der Waals surface area contributed by atoms with E-state index in [2.05, 4.69) is 9.97 Å². The monoisotopic (exact) mass is 301 g/mol. The van der Waals surface area contributed by atoms with Gasteiger partial charge in [-0.3, -0.25) is 4.98 Å². The summed E-state index contributed by atoms with van der Waals surface area (Å²) in [5, 5.41) is -0.231. The van der Waals surface area contributed by atoms with E-state index in [-0.39, 0.29) is 11.1 Å². The van der Waals surface area contributed by atoms with E-state index in [1.807, 2.05) is 17.6 Å². The number of alkyl halides is 1. The SMILES string of the molecule is CC(Cl)c1nc2cnccc2n1CCCS(C)(=O)=O. The van der Waals surface area contributed by atoms with E-state index >= 15 is 0 Å². The zero-order valence-electron chi connectivity index (χ0n) is 10.9. The molecule has 19 heavy (non-hydrogen) atoms. The minimum absolute atomic E-state index is 0.161. The lowest BCUT2D eigenvalue weighted by Crippen LogP contribution is -2.10. The van der Waals surface area contributed by atoms with Crippen LogP contribution < -0.4 is 0 Å². The van der Waals surface area contributed by atoms with Crippen LogP contribution in [0.5, 0.6) is 0 Å². The highest BCUT2D eigenvalue weighted by Crippen LogP contribution is 2.24. The number of fused-ring (bicyclic) bond motifs is 1. The van der Waals surface area contributed by atoms with Crippen LogP contribution in [0, 0.1) is 0 Å². The van der Waals surface area contributed by atoms with E-state index in [0.717, 1.165) is 16.9 Å². The normalized spacial score (nSPS) is 13.8. The van der Waals surface area contributed by atoms with E-state index in [9.17, 15) is 8.42 Å². The molecule has 0 aromatic carbocycles. The number of halogens is 1. The third kappa shape index (κ3) is 3.45. The van der Waals surface area contributed by atoms with Crippen molar-refractivity contribution in [1.82, 2.24) is 14.5 Å². The Labute approximate surface area is 117 Å². The molecule has 1 unspecified atom stereocenters. The lowest BCUT2D eigenvalue weighted by molar-refractivity contribution is 0.590. The molecule has 5 nitrogen and oxygen atoms in total. The molecule has 1 atom stereocenters. The Morgan fingerprint density at radius 3 is 2.84 bits per heavy atom. The molecule has 0 spiro atoms. The molecule has 0 N–H and O–H groups in total. The number of aryl methyl sites for hydroxylation is 1. The fourth-order valence-electron chi connectivity index (χ4n) is 2.02. The highest BCUT2D eigenvalue weighted by atomic mass is 35.5. The fraction of sp³-hybridized carbons (Fsp3) is 0.500. The van der Waals surface area contributed by atoms with E-state index in [4.69, 9.17) is 11.6 Å². The number of hydrogen-bond acceptors (Lipinski definition) is 4. The molecule has 0 saturated carbocycles. The van der Waals surface area contributed by atoms with Crippen LogP contribution in [0.15, 0.2) is 18.5 Å². The van der Waals surface area contributed by atoms with Crippen LogP contribution >= 0.6 is 11.6 Å². The standard InChI is InChI=1S/C12H16ClN3O2S/c1-9(13)12-15-10-8-14-5-4-11(10)16(12)6-3-7-19(2,17)18/h4-5,8-9H,3,6-7H2,1-2H3. The topological polar surface area (TPSA) is 64.8 Å². The molecule has 0 aliphatic carbocycles. The molecule has 0 aliphatic heterocycles. The predicted molar refractivity (Wildman–Crippen MR) is 76.1 cm³/mol. The number of rotatable bonds is 5. The lowest BCUT2D eigenvalue weighted by atomic mass is 10.3. The maximum absolute atomic E-state index is 11.2. The van der Waals surface area contributed by atoms with Gasteiger partial charge in [0.15, 0.2) is 0 Å². The molecular formula is C12H16ClN3O2S. The maximum Gasteiger partial charge on any atom is 0.147 e. The summed E-state index contributed by atoms with van der Waals surface area (Å²) in [6.07, 6.45) is 5.17. The Kier molecular flexibility index (Phi) is 4.10. The van der Waals surface area contributed by atoms with Gasteiger partial charge in [0.05, 0.1) is 22.8 Å². The molecule has 2 rings (SSSR count). The van der Waals surface area contributed by atoms with Gasteiger partial charge in [0.1, 0.15) is 21.2 Å². The number of aromatic nitrogens is 3. The molecule has 2 heterocycles. The van der Waals surface area contributed by atoms with Crippen molar-refractivity contribution in [3.8, 4) is 0 Å². The minimum atomic E-state index is -2.94. The molecule has 0 fully saturated rings. The summed E-state index contributed by atoms with van der Waals surface area (Å²) in [7, 11) is -2.94. The van der Waals surface area contributed by atoms with E-state index in [0.29, 0.717) is 13.0 Å². The van der Waals surface area contributed by atoms with Crippen LogP contribution in [-0.4, -0.2) is 35.0 Å². The van der Waals surface area contributed by atoms with Crippen LogP contribution in [0.3, 0.4) is 0 Å². The Hall–Kier alpha value is -1.14. The summed E-state index contributed by atoms with van der Waals surface area (Å²) >= 11 is 6.13. The first-order valence-electron chi connectivity index (χ1n) is 6.00. The van der Waals surface area contributed by atoms with Gasteiger partial charge < -0.3 is 4.57 Å². The summed E-state index contributed by atoms with van der Waals surface area (Å²) < 4.78 is 24.3. The van der Waals surface area contributed by atoms with Crippen molar-refractivity contribution in [1.29, 1.82) is 0 Å². The Balaban J connectivity index is 2.31. The number of hydrogen-bond donors (Lipinski definition) is 0. The van der Waals surface area contributed by atoms with Crippen LogP contribution in [0.25, 0.3) is 11.0 Å². The smallest absolute Gasteiger partial charge is 0.147 e. The molecule has 2 aromatic rings. The zero-order valence-corrected chi connectivity index (χ0v) is 12.4. The van der Waals surface area contributed by atoms with Gasteiger partial charge in [0, 0.05) is 19.0 Å². The van der Waals surface area contributed by atoms with Crippen LogP contribution in [0.2, 0.25) is 0 Å². The second kappa shape index (κ2) is 5.46. The first-order chi connectivity index (χ1) is 8.88. The first kappa shape index (κ1) is 14.3. The van der Waals surface area contributed by atoms with Gasteiger partial charge >= 0.3 is 0 Å². The molecule has 2 aromatic heterocycles. The van der Waals surface area contributed by atoms with Crippen molar-refractivity contribution >= 4 is 32.5 Å². The largest absolute Gasteiger partial charge is 0.327 e. The predicted octanol–water partition coefficient (Wildman–Crippen LogP) is 2.17. The van der Waals surface area contributed by atoms with Gasteiger partial charge in [-0.25, -0.2) is 13.4 Å². The Bertz CT molecular complexity index is 679. The highest BCUT2D eigenvalue weighted by molar-refractivity contribution is 7.90. The third-order valence-corrected chi connectivity index (χ3v) is 4.06. The molecule has 7 heteroatoms. The summed E-state index contributed by atoms with van der Waals surface area (Å²) in [5.74, 6) is 0.909. The molecule has 104 valence electrons. The number of pyridine rings is 1. The summed E-state index contributed by atoms with van der Waals surface area (Å²) in [6.45, 7) is 2.43. The van der Waals surface area contributed by atoms with Crippen LogP contribution in [-0.2, 0) is 16.4 Å². The lowest BCUT2D eigenvalue weighted by Gasteiger charge is -2.09.